The molecule has 0 spiro atoms. The zero-order valence-corrected chi connectivity index (χ0v) is 19.2. The first-order chi connectivity index (χ1) is 14.4. The van der Waals surface area contributed by atoms with Crippen LogP contribution in [0.1, 0.15) is 46.5 Å². The highest BCUT2D eigenvalue weighted by atomic mass is 16.7. The lowest BCUT2D eigenvalue weighted by molar-refractivity contribution is -0.379. The monoisotopic (exact) mass is 450 g/mol. The molecule has 0 aromatic rings. The molecule has 2 aliphatic rings. The van der Waals surface area contributed by atoms with Gasteiger partial charge in [-0.15, -0.1) is 0 Å². The summed E-state index contributed by atoms with van der Waals surface area (Å²) in [7, 11) is 4.22. The average Bonchev–Trinajstić information content (AvgIpc) is 2.72. The van der Waals surface area contributed by atoms with Crippen molar-refractivity contribution in [3.63, 3.8) is 0 Å². The van der Waals surface area contributed by atoms with Crippen LogP contribution < -0.4 is 0 Å². The molecule has 4 N–H and O–H groups in total. The maximum atomic E-state index is 12.4. The van der Waals surface area contributed by atoms with Crippen LogP contribution in [0.3, 0.4) is 0 Å². The highest BCUT2D eigenvalue weighted by molar-refractivity contribution is 5.75. The van der Waals surface area contributed by atoms with Crippen LogP contribution in [0, 0.1) is 5.41 Å². The highest BCUT2D eigenvalue weighted by Gasteiger charge is 2.60. The first kappa shape index (κ1) is 26.4. The fraction of sp³-hybridized carbons (Fsp3) is 0.952. The second-order valence-electron chi connectivity index (χ2n) is 9.16. The predicted octanol–water partition coefficient (Wildman–Crippen LogP) is -0.267. The van der Waals surface area contributed by atoms with Gasteiger partial charge in [0.05, 0.1) is 30.5 Å². The number of ether oxygens (including phenoxy) is 5. The SMILES string of the molecule is CO[C@@H]1C[C@@H](C)OC(=O)[C@@H](O)[C@H](OC)C[C@H]2C[C@@H](OC)[C@@H](O)[C@](O)(O2)C(C)(C)[C@@H](O)C1. The van der Waals surface area contributed by atoms with Gasteiger partial charge >= 0.3 is 5.97 Å². The van der Waals surface area contributed by atoms with Gasteiger partial charge in [0.15, 0.2) is 6.10 Å². The Balaban J connectivity index is 2.48. The highest BCUT2D eigenvalue weighted by Crippen LogP contribution is 2.46. The summed E-state index contributed by atoms with van der Waals surface area (Å²) in [6.45, 7) is 4.86. The van der Waals surface area contributed by atoms with Gasteiger partial charge in [-0.2, -0.15) is 0 Å². The molecule has 0 aliphatic carbocycles. The third kappa shape index (κ3) is 5.39. The Morgan fingerprint density at radius 1 is 0.935 bits per heavy atom. The Hall–Kier alpha value is -0.850. The van der Waals surface area contributed by atoms with Gasteiger partial charge in [-0.05, 0) is 6.92 Å². The summed E-state index contributed by atoms with van der Waals surface area (Å²) in [5.41, 5.74) is -1.33. The first-order valence-electron chi connectivity index (χ1n) is 10.6. The van der Waals surface area contributed by atoms with E-state index in [0.29, 0.717) is 0 Å². The number of carbonyl (C=O) groups is 1. The predicted molar refractivity (Wildman–Crippen MR) is 108 cm³/mol. The first-order valence-corrected chi connectivity index (χ1v) is 10.6. The molecule has 31 heavy (non-hydrogen) atoms. The topological polar surface area (TPSA) is 144 Å². The minimum atomic E-state index is -2.17. The molecule has 2 saturated heterocycles. The van der Waals surface area contributed by atoms with E-state index in [9.17, 15) is 25.2 Å². The maximum absolute atomic E-state index is 12.4. The molecule has 10 heteroatoms. The average molecular weight is 451 g/mol. The lowest BCUT2D eigenvalue weighted by Crippen LogP contribution is -2.68. The van der Waals surface area contributed by atoms with Crippen LogP contribution in [0.4, 0.5) is 0 Å². The van der Waals surface area contributed by atoms with Gasteiger partial charge in [0.25, 0.3) is 0 Å². The number of hydrogen-bond donors (Lipinski definition) is 4. The molecule has 2 fully saturated rings. The number of esters is 1. The minimum absolute atomic E-state index is 0.0307. The molecule has 10 nitrogen and oxygen atoms in total. The molecule has 0 amide bonds. The summed E-state index contributed by atoms with van der Waals surface area (Å²) < 4.78 is 27.4. The quantitative estimate of drug-likeness (QED) is 0.424. The smallest absolute Gasteiger partial charge is 0.337 e. The van der Waals surface area contributed by atoms with Gasteiger partial charge in [-0.1, -0.05) is 13.8 Å². The van der Waals surface area contributed by atoms with Crippen LogP contribution in [0.15, 0.2) is 0 Å². The van der Waals surface area contributed by atoms with E-state index >= 15 is 0 Å². The molecule has 2 aliphatic heterocycles. The molecule has 0 unspecified atom stereocenters. The zero-order valence-electron chi connectivity index (χ0n) is 19.2. The molecule has 0 radical (unpaired) electrons. The van der Waals surface area contributed by atoms with E-state index in [0.717, 1.165) is 0 Å². The fourth-order valence-electron chi connectivity index (χ4n) is 4.44. The van der Waals surface area contributed by atoms with E-state index in [-0.39, 0.29) is 25.7 Å². The van der Waals surface area contributed by atoms with Crippen LogP contribution in [-0.2, 0) is 28.5 Å². The maximum Gasteiger partial charge on any atom is 0.337 e. The summed E-state index contributed by atoms with van der Waals surface area (Å²) in [5.74, 6) is -3.02. The van der Waals surface area contributed by atoms with Gasteiger partial charge < -0.3 is 44.1 Å². The Bertz CT molecular complexity index is 599. The number of aliphatic hydroxyl groups excluding tert-OH is 3. The summed E-state index contributed by atoms with van der Waals surface area (Å²) in [4.78, 5) is 12.4. The summed E-state index contributed by atoms with van der Waals surface area (Å²) in [5, 5.41) is 43.9. The van der Waals surface area contributed by atoms with Crippen LogP contribution in [0.25, 0.3) is 0 Å². The Labute approximate surface area is 183 Å². The standard InChI is InChI=1S/C21H38O10/c1-11-7-12(27-4)10-16(22)20(2,3)21(26)18(24)15(29-6)9-13(31-21)8-14(28-5)17(23)19(25)30-11/h11-18,22-24,26H,7-10H2,1-6H3/t11-,12-,13+,14-,15-,16+,17+,18-,21+/m1/s1. The fourth-order valence-corrected chi connectivity index (χ4v) is 4.44. The summed E-state index contributed by atoms with van der Waals surface area (Å²) in [6, 6.07) is 0. The van der Waals surface area contributed by atoms with E-state index < -0.39 is 66.0 Å². The summed E-state index contributed by atoms with van der Waals surface area (Å²) >= 11 is 0. The van der Waals surface area contributed by atoms with Gasteiger partial charge in [-0.25, -0.2) is 4.79 Å². The van der Waals surface area contributed by atoms with Crippen molar-refractivity contribution < 1.29 is 48.9 Å². The second-order valence-corrected chi connectivity index (χ2v) is 9.16. The number of rotatable bonds is 3. The van der Waals surface area contributed by atoms with Gasteiger partial charge in [0.2, 0.25) is 5.79 Å². The van der Waals surface area contributed by atoms with Crippen molar-refractivity contribution >= 4 is 5.97 Å². The number of hydrogen-bond acceptors (Lipinski definition) is 10. The van der Waals surface area contributed by atoms with Gasteiger partial charge in [-0.3, -0.25) is 0 Å². The van der Waals surface area contributed by atoms with Crippen molar-refractivity contribution in [2.75, 3.05) is 21.3 Å². The molecular formula is C21H38O10. The lowest BCUT2D eigenvalue weighted by Gasteiger charge is -2.54. The molecule has 0 saturated carbocycles. The largest absolute Gasteiger partial charge is 0.461 e. The van der Waals surface area contributed by atoms with Crippen LogP contribution in [0.5, 0.6) is 0 Å². The molecule has 182 valence electrons. The van der Waals surface area contributed by atoms with Crippen LogP contribution >= 0.6 is 0 Å². The van der Waals surface area contributed by atoms with Gasteiger partial charge in [0.1, 0.15) is 12.2 Å². The van der Waals surface area contributed by atoms with Gasteiger partial charge in [0, 0.05) is 52.4 Å². The van der Waals surface area contributed by atoms with Crippen molar-refractivity contribution in [1.82, 2.24) is 0 Å². The Morgan fingerprint density at radius 2 is 1.52 bits per heavy atom. The van der Waals surface area contributed by atoms with Crippen molar-refractivity contribution in [2.24, 2.45) is 5.41 Å². The van der Waals surface area contributed by atoms with Crippen molar-refractivity contribution in [2.45, 2.75) is 101 Å². The van der Waals surface area contributed by atoms with Crippen LogP contribution in [0.2, 0.25) is 0 Å². The third-order valence-corrected chi connectivity index (χ3v) is 6.78. The van der Waals surface area contributed by atoms with Crippen molar-refractivity contribution in [3.05, 3.63) is 0 Å². The molecule has 2 heterocycles. The molecular weight excluding hydrogens is 412 g/mol. The number of methoxy groups -OCH3 is 3. The zero-order chi connectivity index (χ0) is 23.6. The van der Waals surface area contributed by atoms with Crippen molar-refractivity contribution in [1.29, 1.82) is 0 Å². The Kier molecular flexibility index (Phi) is 8.85. The van der Waals surface area contributed by atoms with Crippen LogP contribution in [-0.4, -0.2) is 102 Å². The second kappa shape index (κ2) is 10.4. The molecule has 9 atom stereocenters. The number of fused-ring (bicyclic) bond motifs is 2. The molecule has 0 aromatic heterocycles. The van der Waals surface area contributed by atoms with Crippen molar-refractivity contribution in [3.8, 4) is 0 Å². The normalized spacial score (nSPS) is 44.9. The Morgan fingerprint density at radius 3 is 2.06 bits per heavy atom. The van der Waals surface area contributed by atoms with E-state index in [1.54, 1.807) is 20.8 Å². The third-order valence-electron chi connectivity index (χ3n) is 6.78. The number of cyclic esters (lactones) is 1. The molecule has 2 bridgehead atoms. The lowest BCUT2D eigenvalue weighted by atomic mass is 9.70. The minimum Gasteiger partial charge on any atom is -0.461 e. The molecule has 2 rings (SSSR count). The molecule has 0 aromatic carbocycles. The summed E-state index contributed by atoms with van der Waals surface area (Å²) in [6.07, 6.45) is -7.22. The number of carbonyl (C=O) groups excluding carboxylic acids is 1. The van der Waals surface area contributed by atoms with E-state index in [2.05, 4.69) is 0 Å². The van der Waals surface area contributed by atoms with E-state index in [4.69, 9.17) is 23.7 Å². The van der Waals surface area contributed by atoms with E-state index in [1.807, 2.05) is 0 Å². The van der Waals surface area contributed by atoms with E-state index in [1.165, 1.54) is 21.3 Å². The number of aliphatic hydroxyl groups is 4.